The molecule has 0 aliphatic carbocycles. The molecule has 0 fully saturated rings. The topological polar surface area (TPSA) is 98.5 Å². The van der Waals surface area contributed by atoms with Crippen LogP contribution in [0.3, 0.4) is 0 Å². The number of rotatable bonds is 3. The Labute approximate surface area is 157 Å². The maximum absolute atomic E-state index is 13.0. The van der Waals surface area contributed by atoms with Crippen LogP contribution in [0.25, 0.3) is 27.6 Å². The average Bonchev–Trinajstić information content (AvgIpc) is 3.25. The predicted molar refractivity (Wildman–Crippen MR) is 105 cm³/mol. The molecular formula is C20H14N6O2. The van der Waals surface area contributed by atoms with E-state index in [1.165, 1.54) is 4.57 Å². The van der Waals surface area contributed by atoms with Crippen LogP contribution in [0.5, 0.6) is 0 Å². The van der Waals surface area contributed by atoms with Crippen LogP contribution in [0, 0.1) is 0 Å². The van der Waals surface area contributed by atoms with Gasteiger partial charge >= 0.3 is 0 Å². The Hall–Kier alpha value is -4.07. The van der Waals surface area contributed by atoms with Crippen LogP contribution in [0.1, 0.15) is 5.69 Å². The smallest absolute Gasteiger partial charge is 0.265 e. The van der Waals surface area contributed by atoms with Gasteiger partial charge in [0.1, 0.15) is 5.82 Å². The monoisotopic (exact) mass is 370 g/mol. The summed E-state index contributed by atoms with van der Waals surface area (Å²) in [6.45, 7) is 0.348. The lowest BCUT2D eigenvalue weighted by Gasteiger charge is -2.08. The van der Waals surface area contributed by atoms with Gasteiger partial charge in [-0.05, 0) is 30.3 Å². The van der Waals surface area contributed by atoms with Crippen molar-refractivity contribution in [2.45, 2.75) is 6.54 Å². The van der Waals surface area contributed by atoms with E-state index >= 15 is 0 Å². The average molecular weight is 370 g/mol. The molecule has 5 aromatic rings. The zero-order valence-corrected chi connectivity index (χ0v) is 14.6. The third-order valence-electron chi connectivity index (χ3n) is 4.62. The second-order valence-electron chi connectivity index (χ2n) is 6.36. The molecule has 0 spiro atoms. The summed E-state index contributed by atoms with van der Waals surface area (Å²) in [4.78, 5) is 34.6. The fourth-order valence-electron chi connectivity index (χ4n) is 3.23. The molecule has 8 nitrogen and oxygen atoms in total. The molecule has 0 amide bonds. The fourth-order valence-corrected chi connectivity index (χ4v) is 3.23. The number of aromatic nitrogens is 6. The van der Waals surface area contributed by atoms with Crippen LogP contribution in [0.4, 0.5) is 0 Å². The molecule has 0 saturated heterocycles. The van der Waals surface area contributed by atoms with Crippen LogP contribution in [-0.2, 0) is 6.54 Å². The van der Waals surface area contributed by atoms with E-state index in [0.29, 0.717) is 34.2 Å². The van der Waals surface area contributed by atoms with Gasteiger partial charge in [-0.15, -0.1) is 0 Å². The van der Waals surface area contributed by atoms with Crippen molar-refractivity contribution in [2.24, 2.45) is 0 Å². The van der Waals surface area contributed by atoms with Gasteiger partial charge in [-0.1, -0.05) is 6.07 Å². The Kier molecular flexibility index (Phi) is 3.61. The van der Waals surface area contributed by atoms with Crippen molar-refractivity contribution in [2.75, 3.05) is 0 Å². The van der Waals surface area contributed by atoms with Crippen LogP contribution in [-0.4, -0.2) is 29.3 Å². The number of nitrogens with zero attached hydrogens (tertiary/aromatic N) is 5. The molecular weight excluding hydrogens is 356 g/mol. The number of hydrogen-bond donors (Lipinski definition) is 1. The summed E-state index contributed by atoms with van der Waals surface area (Å²) >= 11 is 0. The van der Waals surface area contributed by atoms with Crippen molar-refractivity contribution in [3.05, 3.63) is 93.7 Å². The zero-order chi connectivity index (χ0) is 19.1. The lowest BCUT2D eigenvalue weighted by atomic mass is 10.2. The molecule has 8 heteroatoms. The molecule has 0 atom stereocenters. The molecule has 5 heterocycles. The standard InChI is InChI=1S/C20H14N6O2/c27-19-14-11-15-17(6-10-26(20(15)28)18-4-8-22-24-18)23-16(14)5-9-25(19)12-13-3-1-2-7-21-13/h1-11H,12H2,(H,22,24). The van der Waals surface area contributed by atoms with Crippen LogP contribution in [0.2, 0.25) is 0 Å². The minimum Gasteiger partial charge on any atom is -0.309 e. The number of pyridine rings is 4. The van der Waals surface area contributed by atoms with E-state index in [9.17, 15) is 9.59 Å². The van der Waals surface area contributed by atoms with Crippen molar-refractivity contribution in [3.8, 4) is 5.82 Å². The number of fused-ring (bicyclic) bond motifs is 2. The van der Waals surface area contributed by atoms with Gasteiger partial charge in [0, 0.05) is 24.7 Å². The molecule has 0 aromatic carbocycles. The van der Waals surface area contributed by atoms with E-state index in [0.717, 1.165) is 5.69 Å². The Balaban J connectivity index is 1.71. The molecule has 0 aliphatic rings. The van der Waals surface area contributed by atoms with E-state index in [1.807, 2.05) is 18.2 Å². The second-order valence-corrected chi connectivity index (χ2v) is 6.36. The zero-order valence-electron chi connectivity index (χ0n) is 14.6. The maximum atomic E-state index is 13.0. The Morgan fingerprint density at radius 3 is 2.46 bits per heavy atom. The summed E-state index contributed by atoms with van der Waals surface area (Å²) in [7, 11) is 0. The largest absolute Gasteiger partial charge is 0.309 e. The minimum absolute atomic E-state index is 0.214. The first-order valence-corrected chi connectivity index (χ1v) is 8.66. The van der Waals surface area contributed by atoms with Gasteiger partial charge in [0.25, 0.3) is 11.1 Å². The summed E-state index contributed by atoms with van der Waals surface area (Å²) < 4.78 is 3.01. The maximum Gasteiger partial charge on any atom is 0.265 e. The summed E-state index contributed by atoms with van der Waals surface area (Å²) in [6, 6.07) is 12.4. The lowest BCUT2D eigenvalue weighted by Crippen LogP contribution is -2.22. The highest BCUT2D eigenvalue weighted by Crippen LogP contribution is 2.15. The number of nitrogens with one attached hydrogen (secondary N) is 1. The molecule has 0 bridgehead atoms. The van der Waals surface area contributed by atoms with Crippen LogP contribution >= 0.6 is 0 Å². The van der Waals surface area contributed by atoms with Crippen molar-refractivity contribution in [1.82, 2.24) is 29.3 Å². The molecule has 1 N–H and O–H groups in total. The summed E-state index contributed by atoms with van der Waals surface area (Å²) in [6.07, 6.45) is 6.60. The van der Waals surface area contributed by atoms with Crippen molar-refractivity contribution in [1.29, 1.82) is 0 Å². The van der Waals surface area contributed by atoms with Crippen LogP contribution in [0.15, 0.2) is 76.8 Å². The van der Waals surface area contributed by atoms with Gasteiger partial charge in [-0.2, -0.15) is 5.10 Å². The van der Waals surface area contributed by atoms with Crippen LogP contribution < -0.4 is 11.1 Å². The van der Waals surface area contributed by atoms with Crippen molar-refractivity contribution in [3.63, 3.8) is 0 Å². The second kappa shape index (κ2) is 6.27. The number of H-pyrrole nitrogens is 1. The molecule has 136 valence electrons. The van der Waals surface area contributed by atoms with Gasteiger partial charge in [-0.3, -0.25) is 24.2 Å². The third kappa shape index (κ3) is 2.59. The third-order valence-corrected chi connectivity index (χ3v) is 4.62. The summed E-state index contributed by atoms with van der Waals surface area (Å²) in [5, 5.41) is 7.41. The number of hydrogen-bond acceptors (Lipinski definition) is 5. The molecule has 0 unspecified atom stereocenters. The minimum atomic E-state index is -0.268. The molecule has 5 aromatic heterocycles. The van der Waals surface area contributed by atoms with Crippen molar-refractivity contribution < 1.29 is 0 Å². The van der Waals surface area contributed by atoms with Gasteiger partial charge in [-0.25, -0.2) is 4.98 Å². The normalized spacial score (nSPS) is 11.3. The first-order chi connectivity index (χ1) is 13.7. The van der Waals surface area contributed by atoms with Gasteiger partial charge in [0.05, 0.1) is 40.2 Å². The molecule has 0 saturated carbocycles. The first kappa shape index (κ1) is 16.1. The van der Waals surface area contributed by atoms with E-state index < -0.39 is 0 Å². The molecule has 5 rings (SSSR count). The fraction of sp³-hybridized carbons (Fsp3) is 0.0500. The highest BCUT2D eigenvalue weighted by Gasteiger charge is 2.11. The van der Waals surface area contributed by atoms with E-state index in [4.69, 9.17) is 0 Å². The summed E-state index contributed by atoms with van der Waals surface area (Å²) in [5.74, 6) is 0.549. The van der Waals surface area contributed by atoms with E-state index in [-0.39, 0.29) is 11.1 Å². The Bertz CT molecular complexity index is 1420. The van der Waals surface area contributed by atoms with E-state index in [1.54, 1.807) is 53.6 Å². The Morgan fingerprint density at radius 1 is 0.893 bits per heavy atom. The SMILES string of the molecule is O=c1c2cc3c(=O)n(-c4ccn[nH]4)ccc3nc2ccn1Cc1ccccn1. The summed E-state index contributed by atoms with van der Waals surface area (Å²) in [5.41, 5.74) is 1.38. The first-order valence-electron chi connectivity index (χ1n) is 8.66. The lowest BCUT2D eigenvalue weighted by molar-refractivity contribution is 0.746. The quantitative estimate of drug-likeness (QED) is 0.489. The highest BCUT2D eigenvalue weighted by molar-refractivity contribution is 5.91. The Morgan fingerprint density at radius 2 is 1.71 bits per heavy atom. The highest BCUT2D eigenvalue weighted by atomic mass is 16.1. The number of aromatic amines is 1. The molecule has 0 aliphatic heterocycles. The molecule has 28 heavy (non-hydrogen) atoms. The molecule has 0 radical (unpaired) electrons. The van der Waals surface area contributed by atoms with E-state index in [2.05, 4.69) is 20.2 Å². The van der Waals surface area contributed by atoms with Gasteiger partial charge < -0.3 is 4.57 Å². The van der Waals surface area contributed by atoms with Gasteiger partial charge in [0.2, 0.25) is 0 Å². The van der Waals surface area contributed by atoms with Gasteiger partial charge in [0.15, 0.2) is 0 Å². The predicted octanol–water partition coefficient (Wildman–Crippen LogP) is 1.87. The van der Waals surface area contributed by atoms with Crippen molar-refractivity contribution >= 4 is 21.8 Å².